The zero-order valence-electron chi connectivity index (χ0n) is 11.2. The summed E-state index contributed by atoms with van der Waals surface area (Å²) in [6.45, 7) is 2.83. The lowest BCUT2D eigenvalue weighted by molar-refractivity contribution is 0.0866. The fraction of sp³-hybridized carbons (Fsp3) is 0.538. The van der Waals surface area contributed by atoms with E-state index < -0.39 is 0 Å². The highest BCUT2D eigenvalue weighted by Gasteiger charge is 2.32. The topological polar surface area (TPSA) is 44.5 Å². The Balaban J connectivity index is 2.30. The molecule has 1 aromatic rings. The zero-order chi connectivity index (χ0) is 14.0. The van der Waals surface area contributed by atoms with E-state index in [1.54, 1.807) is 12.1 Å². The number of likely N-dealkylation sites (N-methyl/N-ethyl adjacent to an activating group) is 2. The summed E-state index contributed by atoms with van der Waals surface area (Å²) in [5.74, 6) is 5.44. The third-order valence-corrected chi connectivity index (χ3v) is 4.39. The Morgan fingerprint density at radius 2 is 2.16 bits per heavy atom. The van der Waals surface area contributed by atoms with Crippen molar-refractivity contribution >= 4 is 15.9 Å². The van der Waals surface area contributed by atoms with Crippen LogP contribution >= 0.6 is 15.9 Å². The molecule has 0 aliphatic carbocycles. The molecule has 2 unspecified atom stereocenters. The number of halogens is 2. The molecular weight excluding hydrogens is 311 g/mol. The first-order valence-corrected chi connectivity index (χ1v) is 7.12. The van der Waals surface area contributed by atoms with Crippen LogP contribution in [0.1, 0.15) is 11.6 Å². The van der Waals surface area contributed by atoms with Crippen molar-refractivity contribution in [2.24, 2.45) is 5.84 Å². The van der Waals surface area contributed by atoms with Gasteiger partial charge in [0.15, 0.2) is 0 Å². The van der Waals surface area contributed by atoms with Gasteiger partial charge in [-0.3, -0.25) is 16.2 Å². The summed E-state index contributed by atoms with van der Waals surface area (Å²) in [5.41, 5.74) is 3.38. The highest BCUT2D eigenvalue weighted by Crippen LogP contribution is 2.28. The van der Waals surface area contributed by atoms with Crippen LogP contribution in [0.15, 0.2) is 22.7 Å². The molecule has 1 aliphatic heterocycles. The fourth-order valence-electron chi connectivity index (χ4n) is 2.57. The third kappa shape index (κ3) is 3.14. The molecule has 19 heavy (non-hydrogen) atoms. The maximum absolute atomic E-state index is 14.2. The zero-order valence-corrected chi connectivity index (χ0v) is 12.8. The molecule has 0 amide bonds. The molecule has 4 nitrogen and oxygen atoms in total. The molecule has 0 saturated carbocycles. The van der Waals surface area contributed by atoms with Gasteiger partial charge in [0, 0.05) is 31.2 Å². The molecule has 0 radical (unpaired) electrons. The van der Waals surface area contributed by atoms with Crippen LogP contribution in [0.25, 0.3) is 0 Å². The van der Waals surface area contributed by atoms with Gasteiger partial charge in [0.1, 0.15) is 5.82 Å². The van der Waals surface area contributed by atoms with Gasteiger partial charge in [0.05, 0.1) is 10.5 Å². The maximum atomic E-state index is 14.2. The predicted molar refractivity (Wildman–Crippen MR) is 78.1 cm³/mol. The number of benzene rings is 1. The lowest BCUT2D eigenvalue weighted by atomic mass is 9.96. The first-order chi connectivity index (χ1) is 9.04. The second-order valence-electron chi connectivity index (χ2n) is 5.10. The molecule has 0 bridgehead atoms. The minimum atomic E-state index is -0.243. The standard InChI is InChI=1S/C13H20BrFN4/c1-18-6-7-19(2)11(8-18)13(17-16)9-4-3-5-10(14)12(9)15/h3-5,11,13,17H,6-8,16H2,1-2H3. The van der Waals surface area contributed by atoms with Gasteiger partial charge in [-0.05, 0) is 36.1 Å². The van der Waals surface area contributed by atoms with E-state index in [1.165, 1.54) is 0 Å². The highest BCUT2D eigenvalue weighted by molar-refractivity contribution is 9.10. The minimum Gasteiger partial charge on any atom is -0.303 e. The van der Waals surface area contributed by atoms with Crippen LogP contribution in [0.5, 0.6) is 0 Å². The van der Waals surface area contributed by atoms with E-state index in [0.717, 1.165) is 19.6 Å². The van der Waals surface area contributed by atoms with Crippen molar-refractivity contribution in [3.05, 3.63) is 34.1 Å². The molecule has 1 aromatic carbocycles. The molecular formula is C13H20BrFN4. The Bertz CT molecular complexity index is 443. The number of rotatable bonds is 3. The monoisotopic (exact) mass is 330 g/mol. The Hall–Kier alpha value is -0.530. The highest BCUT2D eigenvalue weighted by atomic mass is 79.9. The maximum Gasteiger partial charge on any atom is 0.142 e. The molecule has 1 aliphatic rings. The van der Waals surface area contributed by atoms with Crippen molar-refractivity contribution in [3.63, 3.8) is 0 Å². The van der Waals surface area contributed by atoms with Crippen molar-refractivity contribution in [1.29, 1.82) is 0 Å². The number of hydrogen-bond acceptors (Lipinski definition) is 4. The van der Waals surface area contributed by atoms with Crippen LogP contribution in [-0.4, -0.2) is 49.6 Å². The third-order valence-electron chi connectivity index (χ3n) is 3.78. The molecule has 3 N–H and O–H groups in total. The predicted octanol–water partition coefficient (Wildman–Crippen LogP) is 1.34. The van der Waals surface area contributed by atoms with E-state index >= 15 is 0 Å². The summed E-state index contributed by atoms with van der Waals surface area (Å²) in [5, 5.41) is 0. The lowest BCUT2D eigenvalue weighted by Gasteiger charge is -2.41. The van der Waals surface area contributed by atoms with E-state index in [2.05, 4.69) is 45.3 Å². The van der Waals surface area contributed by atoms with E-state index in [1.807, 2.05) is 6.07 Å². The second kappa shape index (κ2) is 6.28. The summed E-state index contributed by atoms with van der Waals surface area (Å²) in [6, 6.07) is 5.23. The number of hydrazine groups is 1. The van der Waals surface area contributed by atoms with Crippen LogP contribution in [0, 0.1) is 5.82 Å². The van der Waals surface area contributed by atoms with Crippen LogP contribution in [0.3, 0.4) is 0 Å². The number of hydrogen-bond donors (Lipinski definition) is 2. The normalized spacial score (nSPS) is 23.5. The molecule has 1 fully saturated rings. The average Bonchev–Trinajstić information content (AvgIpc) is 2.39. The van der Waals surface area contributed by atoms with Gasteiger partial charge in [-0.15, -0.1) is 0 Å². The molecule has 2 rings (SSSR count). The summed E-state index contributed by atoms with van der Waals surface area (Å²) in [4.78, 5) is 4.47. The van der Waals surface area contributed by atoms with Gasteiger partial charge in [-0.1, -0.05) is 12.1 Å². The molecule has 0 aromatic heterocycles. The summed E-state index contributed by atoms with van der Waals surface area (Å²) in [6.07, 6.45) is 0. The van der Waals surface area contributed by atoms with Crippen molar-refractivity contribution < 1.29 is 4.39 Å². The van der Waals surface area contributed by atoms with Gasteiger partial charge in [-0.25, -0.2) is 4.39 Å². The quantitative estimate of drug-likeness (QED) is 0.648. The van der Waals surface area contributed by atoms with Crippen LogP contribution in [0.2, 0.25) is 0 Å². The molecule has 1 heterocycles. The molecule has 1 saturated heterocycles. The number of nitrogens with two attached hydrogens (primary N) is 1. The fourth-order valence-corrected chi connectivity index (χ4v) is 2.95. The van der Waals surface area contributed by atoms with Crippen molar-refractivity contribution in [1.82, 2.24) is 15.2 Å². The van der Waals surface area contributed by atoms with E-state index in [0.29, 0.717) is 10.0 Å². The number of nitrogens with one attached hydrogen (secondary N) is 1. The van der Waals surface area contributed by atoms with Crippen LogP contribution < -0.4 is 11.3 Å². The number of nitrogens with zero attached hydrogens (tertiary/aromatic N) is 2. The lowest BCUT2D eigenvalue weighted by Crippen LogP contribution is -2.56. The van der Waals surface area contributed by atoms with Crippen LogP contribution in [0.4, 0.5) is 4.39 Å². The largest absolute Gasteiger partial charge is 0.303 e. The van der Waals surface area contributed by atoms with Gasteiger partial charge >= 0.3 is 0 Å². The van der Waals surface area contributed by atoms with Crippen molar-refractivity contribution in [2.75, 3.05) is 33.7 Å². The smallest absolute Gasteiger partial charge is 0.142 e. The summed E-state index contributed by atoms with van der Waals surface area (Å²) >= 11 is 3.23. The van der Waals surface area contributed by atoms with E-state index in [-0.39, 0.29) is 17.9 Å². The summed E-state index contributed by atoms with van der Waals surface area (Å²) < 4.78 is 14.7. The Morgan fingerprint density at radius 3 is 2.84 bits per heavy atom. The van der Waals surface area contributed by atoms with Gasteiger partial charge < -0.3 is 4.90 Å². The number of piperazine rings is 1. The van der Waals surface area contributed by atoms with Gasteiger partial charge in [-0.2, -0.15) is 0 Å². The SMILES string of the molecule is CN1CCN(C)C(C(NN)c2cccc(Br)c2F)C1. The average molecular weight is 331 g/mol. The first-order valence-electron chi connectivity index (χ1n) is 6.33. The first kappa shape index (κ1) is 14.9. The van der Waals surface area contributed by atoms with Crippen molar-refractivity contribution in [2.45, 2.75) is 12.1 Å². The molecule has 2 atom stereocenters. The minimum absolute atomic E-state index is 0.146. The molecule has 6 heteroatoms. The molecule has 0 spiro atoms. The van der Waals surface area contributed by atoms with Crippen LogP contribution in [-0.2, 0) is 0 Å². The second-order valence-corrected chi connectivity index (χ2v) is 5.95. The summed E-state index contributed by atoms with van der Waals surface area (Å²) in [7, 11) is 4.13. The van der Waals surface area contributed by atoms with E-state index in [4.69, 9.17) is 5.84 Å². The van der Waals surface area contributed by atoms with Gasteiger partial charge in [0.2, 0.25) is 0 Å². The van der Waals surface area contributed by atoms with Crippen molar-refractivity contribution in [3.8, 4) is 0 Å². The Kier molecular flexibility index (Phi) is 4.92. The molecule has 106 valence electrons. The van der Waals surface area contributed by atoms with E-state index in [9.17, 15) is 4.39 Å². The van der Waals surface area contributed by atoms with Gasteiger partial charge in [0.25, 0.3) is 0 Å². The Labute approximate surface area is 121 Å². The Morgan fingerprint density at radius 1 is 1.42 bits per heavy atom.